The average molecular weight is 279 g/mol. The Kier molecular flexibility index (Phi) is 4.65. The predicted octanol–water partition coefficient (Wildman–Crippen LogP) is 2.49. The fourth-order valence-corrected chi connectivity index (χ4v) is 2.10. The summed E-state index contributed by atoms with van der Waals surface area (Å²) in [5.74, 6) is -0.987. The smallest absolute Gasteiger partial charge is 0.163 e. The summed E-state index contributed by atoms with van der Waals surface area (Å²) in [6.45, 7) is 0. The fraction of sp³-hybridized carbons (Fsp3) is 0.364. The summed E-state index contributed by atoms with van der Waals surface area (Å²) in [6, 6.07) is 3.79. The second-order valence-electron chi connectivity index (χ2n) is 3.79. The molecule has 0 aliphatic carbocycles. The molecule has 1 aromatic carbocycles. The Hall–Kier alpha value is -0.940. The molecule has 0 fully saturated rings. The van der Waals surface area contributed by atoms with Crippen molar-refractivity contribution in [2.45, 2.75) is 12.8 Å². The molecule has 0 amide bonds. The molecule has 17 heavy (non-hydrogen) atoms. The van der Waals surface area contributed by atoms with E-state index in [2.05, 4.69) is 0 Å². The molecule has 3 nitrogen and oxygen atoms in total. The number of ketones is 1. The highest BCUT2D eigenvalue weighted by Crippen LogP contribution is 2.17. The zero-order valence-corrected chi connectivity index (χ0v) is 10.8. The first-order valence-electron chi connectivity index (χ1n) is 4.95. The fourth-order valence-electron chi connectivity index (χ4n) is 1.31. The van der Waals surface area contributed by atoms with E-state index in [-0.39, 0.29) is 35.0 Å². The maximum absolute atomic E-state index is 13.1. The molecule has 0 saturated carbocycles. The molecule has 0 aromatic heterocycles. The summed E-state index contributed by atoms with van der Waals surface area (Å²) in [5.41, 5.74) is 0.209. The third-order valence-electron chi connectivity index (χ3n) is 2.16. The molecule has 0 N–H and O–H groups in total. The van der Waals surface area contributed by atoms with Gasteiger partial charge in [0, 0.05) is 18.2 Å². The van der Waals surface area contributed by atoms with Gasteiger partial charge in [0.25, 0.3) is 0 Å². The van der Waals surface area contributed by atoms with Gasteiger partial charge >= 0.3 is 0 Å². The molecule has 1 aromatic rings. The molecule has 6 heteroatoms. The molecular formula is C11H12ClFO3S. The molecule has 1 rings (SSSR count). The second-order valence-corrected chi connectivity index (χ2v) is 6.45. The molecule has 94 valence electrons. The number of Topliss-reactive ketones (excluding diaryl/α,β-unsaturated/α-hetero) is 1. The minimum Gasteiger partial charge on any atom is -0.294 e. The largest absolute Gasteiger partial charge is 0.294 e. The number of benzene rings is 1. The number of halogens is 2. The summed E-state index contributed by atoms with van der Waals surface area (Å²) in [4.78, 5) is 11.6. The van der Waals surface area contributed by atoms with E-state index in [4.69, 9.17) is 11.6 Å². The third-order valence-corrected chi connectivity index (χ3v) is 3.50. The zero-order valence-electron chi connectivity index (χ0n) is 9.24. The van der Waals surface area contributed by atoms with Crippen LogP contribution in [0.15, 0.2) is 18.2 Å². The van der Waals surface area contributed by atoms with Crippen LogP contribution in [0.3, 0.4) is 0 Å². The van der Waals surface area contributed by atoms with Crippen molar-refractivity contribution in [3.63, 3.8) is 0 Å². The molecule has 0 aliphatic heterocycles. The van der Waals surface area contributed by atoms with Crippen molar-refractivity contribution >= 4 is 27.2 Å². The lowest BCUT2D eigenvalue weighted by Crippen LogP contribution is -2.06. The van der Waals surface area contributed by atoms with E-state index in [1.54, 1.807) is 0 Å². The number of carbonyl (C=O) groups is 1. The SMILES string of the molecule is CS(=O)(=O)CCCC(=O)c1ccc(Cl)c(F)c1. The van der Waals surface area contributed by atoms with Crippen LogP contribution in [0.1, 0.15) is 23.2 Å². The lowest BCUT2D eigenvalue weighted by Gasteiger charge is -2.02. The van der Waals surface area contributed by atoms with Gasteiger partial charge < -0.3 is 0 Å². The van der Waals surface area contributed by atoms with Crippen molar-refractivity contribution in [1.29, 1.82) is 0 Å². The van der Waals surface area contributed by atoms with Gasteiger partial charge in [-0.2, -0.15) is 0 Å². The van der Waals surface area contributed by atoms with Crippen molar-refractivity contribution in [3.05, 3.63) is 34.6 Å². The van der Waals surface area contributed by atoms with E-state index in [1.165, 1.54) is 12.1 Å². The van der Waals surface area contributed by atoms with Crippen molar-refractivity contribution in [2.75, 3.05) is 12.0 Å². The number of hydrogen-bond donors (Lipinski definition) is 0. The molecule has 0 bridgehead atoms. The van der Waals surface area contributed by atoms with Crippen LogP contribution in [-0.4, -0.2) is 26.2 Å². The van der Waals surface area contributed by atoms with Crippen molar-refractivity contribution in [3.8, 4) is 0 Å². The first kappa shape index (κ1) is 14.1. The Morgan fingerprint density at radius 3 is 2.59 bits per heavy atom. The molecule has 0 radical (unpaired) electrons. The molecule has 0 heterocycles. The summed E-state index contributed by atoms with van der Waals surface area (Å²) in [6.07, 6.45) is 1.43. The van der Waals surface area contributed by atoms with Crippen molar-refractivity contribution < 1.29 is 17.6 Å². The van der Waals surface area contributed by atoms with Gasteiger partial charge in [-0.3, -0.25) is 4.79 Å². The van der Waals surface area contributed by atoms with Crippen LogP contribution in [0.2, 0.25) is 5.02 Å². The van der Waals surface area contributed by atoms with Gasteiger partial charge in [0.15, 0.2) is 5.78 Å². The lowest BCUT2D eigenvalue weighted by atomic mass is 10.1. The Balaban J connectivity index is 2.61. The predicted molar refractivity (Wildman–Crippen MR) is 64.7 cm³/mol. The molecule has 0 spiro atoms. The number of rotatable bonds is 5. The number of sulfone groups is 1. The van der Waals surface area contributed by atoms with Crippen LogP contribution in [0.4, 0.5) is 4.39 Å². The van der Waals surface area contributed by atoms with E-state index >= 15 is 0 Å². The molecule has 0 atom stereocenters. The van der Waals surface area contributed by atoms with Crippen molar-refractivity contribution in [2.24, 2.45) is 0 Å². The van der Waals surface area contributed by atoms with Gasteiger partial charge in [-0.1, -0.05) is 11.6 Å². The highest BCUT2D eigenvalue weighted by Gasteiger charge is 2.10. The van der Waals surface area contributed by atoms with Gasteiger partial charge in [-0.25, -0.2) is 12.8 Å². The molecule has 0 aliphatic rings. The molecule has 0 saturated heterocycles. The van der Waals surface area contributed by atoms with Crippen LogP contribution >= 0.6 is 11.6 Å². The van der Waals surface area contributed by atoms with Gasteiger partial charge in [0.1, 0.15) is 15.7 Å². The Morgan fingerprint density at radius 2 is 2.06 bits per heavy atom. The second kappa shape index (κ2) is 5.60. The monoisotopic (exact) mass is 278 g/mol. The maximum Gasteiger partial charge on any atom is 0.163 e. The highest BCUT2D eigenvalue weighted by atomic mass is 35.5. The first-order chi connectivity index (χ1) is 7.79. The average Bonchev–Trinajstić information content (AvgIpc) is 2.20. The van der Waals surface area contributed by atoms with Gasteiger partial charge in [-0.05, 0) is 24.6 Å². The molecular weight excluding hydrogens is 267 g/mol. The highest BCUT2D eigenvalue weighted by molar-refractivity contribution is 7.90. The van der Waals surface area contributed by atoms with Crippen LogP contribution in [-0.2, 0) is 9.84 Å². The maximum atomic E-state index is 13.1. The number of hydrogen-bond acceptors (Lipinski definition) is 3. The Bertz CT molecular complexity index is 526. The van der Waals surface area contributed by atoms with E-state index in [1.807, 2.05) is 0 Å². The summed E-state index contributed by atoms with van der Waals surface area (Å²) in [7, 11) is -3.06. The topological polar surface area (TPSA) is 51.2 Å². The van der Waals surface area contributed by atoms with Crippen LogP contribution in [0, 0.1) is 5.82 Å². The molecule has 0 unspecified atom stereocenters. The summed E-state index contributed by atoms with van der Waals surface area (Å²) < 4.78 is 34.8. The zero-order chi connectivity index (χ0) is 13.1. The van der Waals surface area contributed by atoms with E-state index in [9.17, 15) is 17.6 Å². The van der Waals surface area contributed by atoms with Crippen LogP contribution < -0.4 is 0 Å². The minimum absolute atomic E-state index is 0.0438. The van der Waals surface area contributed by atoms with E-state index in [0.717, 1.165) is 12.3 Å². The van der Waals surface area contributed by atoms with E-state index < -0.39 is 15.7 Å². The minimum atomic E-state index is -3.06. The number of carbonyl (C=O) groups excluding carboxylic acids is 1. The van der Waals surface area contributed by atoms with Crippen LogP contribution in [0.5, 0.6) is 0 Å². The van der Waals surface area contributed by atoms with Crippen molar-refractivity contribution in [1.82, 2.24) is 0 Å². The normalized spacial score (nSPS) is 11.5. The first-order valence-corrected chi connectivity index (χ1v) is 7.39. The summed E-state index contributed by atoms with van der Waals surface area (Å²) >= 11 is 5.48. The Morgan fingerprint density at radius 1 is 1.41 bits per heavy atom. The third kappa shape index (κ3) is 4.83. The summed E-state index contributed by atoms with van der Waals surface area (Å²) in [5, 5.41) is -0.0438. The van der Waals surface area contributed by atoms with Crippen LogP contribution in [0.25, 0.3) is 0 Å². The van der Waals surface area contributed by atoms with Gasteiger partial charge in [0.2, 0.25) is 0 Å². The lowest BCUT2D eigenvalue weighted by molar-refractivity contribution is 0.0981. The Labute approximate surface area is 105 Å². The standard InChI is InChI=1S/C11H12ClFO3S/c1-17(15,16)6-2-3-11(14)8-4-5-9(12)10(13)7-8/h4-5,7H,2-3,6H2,1H3. The quantitative estimate of drug-likeness (QED) is 0.778. The van der Waals surface area contributed by atoms with E-state index in [0.29, 0.717) is 0 Å². The van der Waals surface area contributed by atoms with Gasteiger partial charge in [-0.15, -0.1) is 0 Å². The van der Waals surface area contributed by atoms with Gasteiger partial charge in [0.05, 0.1) is 10.8 Å².